The van der Waals surface area contributed by atoms with E-state index in [0.29, 0.717) is 5.56 Å². The number of hydrogen-bond acceptors (Lipinski definition) is 4. The van der Waals surface area contributed by atoms with Crippen molar-refractivity contribution in [1.82, 2.24) is 10.6 Å². The van der Waals surface area contributed by atoms with Gasteiger partial charge >= 0.3 is 0 Å². The maximum absolute atomic E-state index is 12.6. The molecule has 0 heterocycles. The SMILES string of the molecule is CNC(=O)C1C(=O)CC(C)(O)C(C(=O)NC)C1c1ccc(Br)cc1. The Hall–Kier alpha value is -1.73. The minimum Gasteiger partial charge on any atom is -0.389 e. The summed E-state index contributed by atoms with van der Waals surface area (Å²) in [4.78, 5) is 37.4. The van der Waals surface area contributed by atoms with Crippen molar-refractivity contribution < 1.29 is 19.5 Å². The zero-order chi connectivity index (χ0) is 18.1. The van der Waals surface area contributed by atoms with Crippen LogP contribution in [0.1, 0.15) is 24.8 Å². The molecule has 7 heteroatoms. The number of aliphatic hydroxyl groups is 1. The van der Waals surface area contributed by atoms with E-state index in [2.05, 4.69) is 26.6 Å². The van der Waals surface area contributed by atoms with Crippen LogP contribution in [0.4, 0.5) is 0 Å². The van der Waals surface area contributed by atoms with E-state index in [1.807, 2.05) is 0 Å². The molecule has 1 aliphatic rings. The van der Waals surface area contributed by atoms with Crippen molar-refractivity contribution in [2.45, 2.75) is 24.9 Å². The molecule has 3 N–H and O–H groups in total. The van der Waals surface area contributed by atoms with Crippen LogP contribution >= 0.6 is 15.9 Å². The van der Waals surface area contributed by atoms with Crippen molar-refractivity contribution in [2.24, 2.45) is 11.8 Å². The Bertz CT molecular complexity index is 657. The van der Waals surface area contributed by atoms with Gasteiger partial charge in [0.1, 0.15) is 11.7 Å². The maximum Gasteiger partial charge on any atom is 0.230 e. The second-order valence-corrected chi connectivity index (χ2v) is 7.18. The van der Waals surface area contributed by atoms with E-state index in [9.17, 15) is 19.5 Å². The topological polar surface area (TPSA) is 95.5 Å². The van der Waals surface area contributed by atoms with Crippen molar-refractivity contribution in [3.63, 3.8) is 0 Å². The lowest BCUT2D eigenvalue weighted by atomic mass is 9.61. The number of nitrogens with one attached hydrogen (secondary N) is 2. The average Bonchev–Trinajstić information content (AvgIpc) is 2.53. The summed E-state index contributed by atoms with van der Waals surface area (Å²) in [5.74, 6) is -3.88. The van der Waals surface area contributed by atoms with Crippen LogP contribution in [0.25, 0.3) is 0 Å². The monoisotopic (exact) mass is 396 g/mol. The number of carbonyl (C=O) groups excluding carboxylic acids is 3. The summed E-state index contributed by atoms with van der Waals surface area (Å²) in [6, 6.07) is 7.08. The van der Waals surface area contributed by atoms with Gasteiger partial charge in [-0.1, -0.05) is 28.1 Å². The van der Waals surface area contributed by atoms with Gasteiger partial charge in [-0.25, -0.2) is 0 Å². The van der Waals surface area contributed by atoms with E-state index >= 15 is 0 Å². The summed E-state index contributed by atoms with van der Waals surface area (Å²) < 4.78 is 0.841. The van der Waals surface area contributed by atoms with E-state index in [0.717, 1.165) is 4.47 Å². The first-order valence-electron chi connectivity index (χ1n) is 7.66. The Labute approximate surface area is 149 Å². The Balaban J connectivity index is 2.63. The van der Waals surface area contributed by atoms with Crippen molar-refractivity contribution in [3.05, 3.63) is 34.3 Å². The van der Waals surface area contributed by atoms with Crippen LogP contribution in [-0.4, -0.2) is 42.4 Å². The number of hydrogen-bond donors (Lipinski definition) is 3. The molecule has 4 atom stereocenters. The van der Waals surface area contributed by atoms with Crippen molar-refractivity contribution in [2.75, 3.05) is 14.1 Å². The van der Waals surface area contributed by atoms with Gasteiger partial charge in [-0.2, -0.15) is 0 Å². The van der Waals surface area contributed by atoms with Gasteiger partial charge in [0, 0.05) is 30.9 Å². The second kappa shape index (κ2) is 7.03. The summed E-state index contributed by atoms with van der Waals surface area (Å²) in [6.07, 6.45) is -0.240. The van der Waals surface area contributed by atoms with Crippen LogP contribution in [0.2, 0.25) is 0 Å². The van der Waals surface area contributed by atoms with E-state index in [4.69, 9.17) is 0 Å². The maximum atomic E-state index is 12.6. The first-order chi connectivity index (χ1) is 11.2. The normalized spacial score (nSPS) is 29.9. The lowest BCUT2D eigenvalue weighted by Gasteiger charge is -2.44. The van der Waals surface area contributed by atoms with E-state index in [1.165, 1.54) is 21.0 Å². The summed E-state index contributed by atoms with van der Waals surface area (Å²) in [5, 5.41) is 15.8. The zero-order valence-electron chi connectivity index (χ0n) is 13.8. The van der Waals surface area contributed by atoms with Crippen LogP contribution in [0.5, 0.6) is 0 Å². The van der Waals surface area contributed by atoms with Crippen LogP contribution in [0, 0.1) is 11.8 Å². The van der Waals surface area contributed by atoms with Gasteiger partial charge in [0.2, 0.25) is 11.8 Å². The number of Topliss-reactive ketones (excluding diaryl/α,β-unsaturated/α-hetero) is 1. The van der Waals surface area contributed by atoms with Crippen molar-refractivity contribution in [3.8, 4) is 0 Å². The lowest BCUT2D eigenvalue weighted by molar-refractivity contribution is -0.153. The number of rotatable bonds is 3. The summed E-state index contributed by atoms with van der Waals surface area (Å²) in [5.41, 5.74) is -0.867. The van der Waals surface area contributed by atoms with Gasteiger partial charge in [-0.05, 0) is 24.6 Å². The van der Waals surface area contributed by atoms with Gasteiger partial charge < -0.3 is 15.7 Å². The predicted molar refractivity (Wildman–Crippen MR) is 92.2 cm³/mol. The molecule has 6 nitrogen and oxygen atoms in total. The molecule has 0 spiro atoms. The molecule has 1 aromatic carbocycles. The van der Waals surface area contributed by atoms with Crippen molar-refractivity contribution in [1.29, 1.82) is 0 Å². The standard InChI is InChI=1S/C17H21BrN2O4/c1-17(24)8-11(21)13(15(22)19-2)12(14(17)16(23)20-3)9-4-6-10(18)7-5-9/h4-7,12-14,24H,8H2,1-3H3,(H,19,22)(H,20,23). The minimum absolute atomic E-state index is 0.240. The molecule has 1 aliphatic carbocycles. The van der Waals surface area contributed by atoms with Crippen LogP contribution < -0.4 is 10.6 Å². The van der Waals surface area contributed by atoms with Gasteiger partial charge in [-0.3, -0.25) is 14.4 Å². The molecule has 0 radical (unpaired) electrons. The predicted octanol–water partition coefficient (Wildman–Crippen LogP) is 0.981. The lowest BCUT2D eigenvalue weighted by Crippen LogP contribution is -2.57. The minimum atomic E-state index is -1.53. The fourth-order valence-electron chi connectivity index (χ4n) is 3.49. The molecule has 130 valence electrons. The second-order valence-electron chi connectivity index (χ2n) is 6.26. The Kier molecular flexibility index (Phi) is 5.45. The quantitative estimate of drug-likeness (QED) is 0.663. The van der Waals surface area contributed by atoms with E-state index < -0.39 is 35.2 Å². The van der Waals surface area contributed by atoms with Crippen LogP contribution in [0.3, 0.4) is 0 Å². The van der Waals surface area contributed by atoms with Gasteiger partial charge in [0.15, 0.2) is 0 Å². The highest BCUT2D eigenvalue weighted by molar-refractivity contribution is 9.10. The molecule has 24 heavy (non-hydrogen) atoms. The molecular formula is C17H21BrN2O4. The summed E-state index contributed by atoms with van der Waals surface area (Å²) in [6.45, 7) is 1.47. The fourth-order valence-corrected chi connectivity index (χ4v) is 3.75. The van der Waals surface area contributed by atoms with E-state index in [-0.39, 0.29) is 12.2 Å². The Morgan fingerprint density at radius 1 is 1.17 bits per heavy atom. The third-order valence-electron chi connectivity index (χ3n) is 4.58. The largest absolute Gasteiger partial charge is 0.389 e. The number of benzene rings is 1. The number of amides is 2. The number of ketones is 1. The molecule has 2 rings (SSSR count). The highest BCUT2D eigenvalue weighted by atomic mass is 79.9. The number of halogens is 1. The average molecular weight is 397 g/mol. The molecule has 0 bridgehead atoms. The van der Waals surface area contributed by atoms with Gasteiger partial charge in [0.25, 0.3) is 0 Å². The molecule has 1 fully saturated rings. The Morgan fingerprint density at radius 2 is 1.71 bits per heavy atom. The first kappa shape index (κ1) is 18.6. The van der Waals surface area contributed by atoms with Gasteiger partial charge in [-0.15, -0.1) is 0 Å². The molecule has 0 aliphatic heterocycles. The van der Waals surface area contributed by atoms with Crippen LogP contribution in [-0.2, 0) is 14.4 Å². The molecule has 2 amide bonds. The molecule has 0 saturated heterocycles. The first-order valence-corrected chi connectivity index (χ1v) is 8.46. The summed E-state index contributed by atoms with van der Waals surface area (Å²) in [7, 11) is 2.93. The highest BCUT2D eigenvalue weighted by Crippen LogP contribution is 2.46. The molecule has 1 aromatic rings. The Morgan fingerprint density at radius 3 is 2.21 bits per heavy atom. The van der Waals surface area contributed by atoms with Crippen LogP contribution in [0.15, 0.2) is 28.7 Å². The van der Waals surface area contributed by atoms with Crippen molar-refractivity contribution >= 4 is 33.5 Å². The molecular weight excluding hydrogens is 376 g/mol. The third kappa shape index (κ3) is 3.37. The van der Waals surface area contributed by atoms with E-state index in [1.54, 1.807) is 24.3 Å². The molecule has 4 unspecified atom stereocenters. The van der Waals surface area contributed by atoms with Gasteiger partial charge in [0.05, 0.1) is 11.5 Å². The molecule has 0 aromatic heterocycles. The smallest absolute Gasteiger partial charge is 0.230 e. The fraction of sp³-hybridized carbons (Fsp3) is 0.471. The zero-order valence-corrected chi connectivity index (χ0v) is 15.4. The summed E-state index contributed by atoms with van der Waals surface area (Å²) >= 11 is 3.34. The highest BCUT2D eigenvalue weighted by Gasteiger charge is 2.55. The third-order valence-corrected chi connectivity index (χ3v) is 5.11. The number of carbonyl (C=O) groups is 3. The molecule has 1 saturated carbocycles.